The second-order valence-electron chi connectivity index (χ2n) is 8.05. The SMILES string of the molecule is CCC(c1nnnn1C(C)(C)CC)N1CCN(C2CCCC2)CC1. The molecular weight excluding hydrogens is 300 g/mol. The molecule has 6 heteroatoms. The smallest absolute Gasteiger partial charge is 0.168 e. The highest BCUT2D eigenvalue weighted by atomic mass is 15.6. The van der Waals surface area contributed by atoms with Crippen molar-refractivity contribution in [2.45, 2.75) is 83.8 Å². The molecule has 24 heavy (non-hydrogen) atoms. The predicted octanol–water partition coefficient (Wildman–Crippen LogP) is 2.83. The molecule has 1 aromatic heterocycles. The van der Waals surface area contributed by atoms with Gasteiger partial charge in [0.15, 0.2) is 5.82 Å². The van der Waals surface area contributed by atoms with Gasteiger partial charge in [-0.1, -0.05) is 26.7 Å². The van der Waals surface area contributed by atoms with E-state index in [2.05, 4.69) is 57.7 Å². The highest BCUT2D eigenvalue weighted by molar-refractivity contribution is 4.98. The first-order valence-corrected chi connectivity index (χ1v) is 9.83. The van der Waals surface area contributed by atoms with Crippen LogP contribution < -0.4 is 0 Å². The maximum absolute atomic E-state index is 4.42. The van der Waals surface area contributed by atoms with Gasteiger partial charge in [-0.2, -0.15) is 0 Å². The summed E-state index contributed by atoms with van der Waals surface area (Å²) in [5.41, 5.74) is -0.0298. The first-order chi connectivity index (χ1) is 11.6. The van der Waals surface area contributed by atoms with Crippen molar-refractivity contribution in [2.24, 2.45) is 0 Å². The summed E-state index contributed by atoms with van der Waals surface area (Å²) in [6, 6.07) is 1.17. The minimum absolute atomic E-state index is 0.0298. The summed E-state index contributed by atoms with van der Waals surface area (Å²) < 4.78 is 2.06. The number of hydrogen-bond acceptors (Lipinski definition) is 5. The Labute approximate surface area is 146 Å². The summed E-state index contributed by atoms with van der Waals surface area (Å²) in [5.74, 6) is 1.04. The number of hydrogen-bond donors (Lipinski definition) is 0. The number of piperazine rings is 1. The average Bonchev–Trinajstić information content (AvgIpc) is 3.28. The van der Waals surface area contributed by atoms with Gasteiger partial charge >= 0.3 is 0 Å². The molecule has 0 N–H and O–H groups in total. The van der Waals surface area contributed by atoms with Crippen molar-refractivity contribution in [1.29, 1.82) is 0 Å². The lowest BCUT2D eigenvalue weighted by atomic mass is 10.0. The third-order valence-corrected chi connectivity index (χ3v) is 6.25. The minimum Gasteiger partial charge on any atom is -0.298 e. The van der Waals surface area contributed by atoms with E-state index < -0.39 is 0 Å². The molecule has 2 aliphatic rings. The lowest BCUT2D eigenvalue weighted by molar-refractivity contribution is 0.0623. The number of rotatable bonds is 6. The molecule has 0 bridgehead atoms. The lowest BCUT2D eigenvalue weighted by Gasteiger charge is -2.41. The largest absolute Gasteiger partial charge is 0.298 e. The molecule has 2 heterocycles. The second-order valence-corrected chi connectivity index (χ2v) is 8.05. The van der Waals surface area contributed by atoms with Crippen LogP contribution in [0.15, 0.2) is 0 Å². The first-order valence-electron chi connectivity index (χ1n) is 9.83. The van der Waals surface area contributed by atoms with Gasteiger partial charge < -0.3 is 0 Å². The topological polar surface area (TPSA) is 50.1 Å². The molecule has 1 saturated carbocycles. The van der Waals surface area contributed by atoms with E-state index in [1.54, 1.807) is 0 Å². The van der Waals surface area contributed by atoms with Gasteiger partial charge in [-0.25, -0.2) is 4.68 Å². The molecule has 0 spiro atoms. The van der Waals surface area contributed by atoms with Crippen molar-refractivity contribution < 1.29 is 0 Å². The molecule has 1 atom stereocenters. The monoisotopic (exact) mass is 334 g/mol. The van der Waals surface area contributed by atoms with Crippen LogP contribution in [0.25, 0.3) is 0 Å². The fourth-order valence-corrected chi connectivity index (χ4v) is 4.27. The molecule has 2 fully saturated rings. The fraction of sp³-hybridized carbons (Fsp3) is 0.944. The molecule has 1 aliphatic carbocycles. The van der Waals surface area contributed by atoms with Crippen LogP contribution in [0.3, 0.4) is 0 Å². The van der Waals surface area contributed by atoms with Crippen molar-refractivity contribution in [3.05, 3.63) is 5.82 Å². The van der Waals surface area contributed by atoms with Crippen LogP contribution in [0, 0.1) is 0 Å². The van der Waals surface area contributed by atoms with Crippen LogP contribution in [0.1, 0.15) is 78.1 Å². The maximum Gasteiger partial charge on any atom is 0.168 e. The van der Waals surface area contributed by atoms with E-state index in [9.17, 15) is 0 Å². The van der Waals surface area contributed by atoms with Crippen molar-refractivity contribution in [2.75, 3.05) is 26.2 Å². The molecule has 0 amide bonds. The van der Waals surface area contributed by atoms with E-state index in [0.29, 0.717) is 6.04 Å². The Morgan fingerprint density at radius 1 is 1.08 bits per heavy atom. The Morgan fingerprint density at radius 2 is 1.75 bits per heavy atom. The summed E-state index contributed by atoms with van der Waals surface area (Å²) in [5, 5.41) is 12.7. The summed E-state index contributed by atoms with van der Waals surface area (Å²) in [4.78, 5) is 5.31. The van der Waals surface area contributed by atoms with E-state index in [1.165, 1.54) is 38.8 Å². The van der Waals surface area contributed by atoms with Crippen LogP contribution in [-0.2, 0) is 5.54 Å². The zero-order valence-corrected chi connectivity index (χ0v) is 15.9. The first kappa shape index (κ1) is 17.8. The van der Waals surface area contributed by atoms with Gasteiger partial charge in [-0.05, 0) is 50.0 Å². The Balaban J connectivity index is 1.68. The molecule has 136 valence electrons. The standard InChI is InChI=1S/C18H34N6/c1-5-16(17-19-20-21-24(17)18(3,4)6-2)23-13-11-22(12-14-23)15-9-7-8-10-15/h15-16H,5-14H2,1-4H3. The molecular formula is C18H34N6. The average molecular weight is 335 g/mol. The van der Waals surface area contributed by atoms with Crippen molar-refractivity contribution >= 4 is 0 Å². The molecule has 1 unspecified atom stereocenters. The lowest BCUT2D eigenvalue weighted by Crippen LogP contribution is -2.51. The third-order valence-electron chi connectivity index (χ3n) is 6.25. The van der Waals surface area contributed by atoms with Crippen LogP contribution in [0.5, 0.6) is 0 Å². The van der Waals surface area contributed by atoms with Gasteiger partial charge in [0.25, 0.3) is 0 Å². The second kappa shape index (κ2) is 7.48. The van der Waals surface area contributed by atoms with Gasteiger partial charge in [0, 0.05) is 32.2 Å². The van der Waals surface area contributed by atoms with Crippen LogP contribution in [0.4, 0.5) is 0 Å². The van der Waals surface area contributed by atoms with Crippen molar-refractivity contribution in [1.82, 2.24) is 30.0 Å². The van der Waals surface area contributed by atoms with Crippen LogP contribution in [0.2, 0.25) is 0 Å². The van der Waals surface area contributed by atoms with E-state index in [4.69, 9.17) is 0 Å². The number of tetrazole rings is 1. The molecule has 1 aromatic rings. The fourth-order valence-electron chi connectivity index (χ4n) is 4.27. The van der Waals surface area contributed by atoms with Crippen LogP contribution in [-0.4, -0.2) is 62.2 Å². The van der Waals surface area contributed by atoms with Gasteiger partial charge in [-0.15, -0.1) is 5.10 Å². The van der Waals surface area contributed by atoms with E-state index in [1.807, 2.05) is 0 Å². The molecule has 1 aliphatic heterocycles. The summed E-state index contributed by atoms with van der Waals surface area (Å²) >= 11 is 0. The molecule has 3 rings (SSSR count). The summed E-state index contributed by atoms with van der Waals surface area (Å²) in [6.45, 7) is 13.6. The quantitative estimate of drug-likeness (QED) is 0.801. The van der Waals surface area contributed by atoms with E-state index in [-0.39, 0.29) is 5.54 Å². The van der Waals surface area contributed by atoms with E-state index >= 15 is 0 Å². The normalized spacial score (nSPS) is 23.0. The zero-order chi connectivity index (χ0) is 17.2. The number of nitrogens with zero attached hydrogens (tertiary/aromatic N) is 6. The summed E-state index contributed by atoms with van der Waals surface area (Å²) in [7, 11) is 0. The Hall–Kier alpha value is -1.01. The molecule has 0 radical (unpaired) electrons. The van der Waals surface area contributed by atoms with Gasteiger partial charge in [-0.3, -0.25) is 9.80 Å². The van der Waals surface area contributed by atoms with Crippen LogP contribution >= 0.6 is 0 Å². The zero-order valence-electron chi connectivity index (χ0n) is 15.9. The molecule has 6 nitrogen and oxygen atoms in total. The van der Waals surface area contributed by atoms with Gasteiger partial charge in [0.05, 0.1) is 11.6 Å². The van der Waals surface area contributed by atoms with E-state index in [0.717, 1.165) is 37.8 Å². The Bertz CT molecular complexity index is 511. The maximum atomic E-state index is 4.42. The third kappa shape index (κ3) is 3.49. The summed E-state index contributed by atoms with van der Waals surface area (Å²) in [6.07, 6.45) is 7.73. The predicted molar refractivity (Wildman–Crippen MR) is 95.9 cm³/mol. The Kier molecular flexibility index (Phi) is 5.55. The highest BCUT2D eigenvalue weighted by Gasteiger charge is 2.33. The molecule has 1 saturated heterocycles. The Morgan fingerprint density at radius 3 is 2.33 bits per heavy atom. The van der Waals surface area contributed by atoms with Crippen molar-refractivity contribution in [3.63, 3.8) is 0 Å². The number of aromatic nitrogens is 4. The van der Waals surface area contributed by atoms with Crippen molar-refractivity contribution in [3.8, 4) is 0 Å². The van der Waals surface area contributed by atoms with Gasteiger partial charge in [0.2, 0.25) is 0 Å². The highest BCUT2D eigenvalue weighted by Crippen LogP contribution is 2.30. The molecule has 0 aromatic carbocycles. The minimum atomic E-state index is -0.0298. The van der Waals surface area contributed by atoms with Gasteiger partial charge in [0.1, 0.15) is 0 Å².